The third kappa shape index (κ3) is 56.7. The van der Waals surface area contributed by atoms with Gasteiger partial charge in [0.2, 0.25) is 0 Å². The second-order valence-electron chi connectivity index (χ2n) is 10.4. The molecule has 38 heavy (non-hydrogen) atoms. The van der Waals surface area contributed by atoms with Gasteiger partial charge in [0.25, 0.3) is 0 Å². The Balaban J connectivity index is -0.000000231. The van der Waals surface area contributed by atoms with E-state index in [9.17, 15) is 19.8 Å². The Kier molecular flexibility index (Phi) is 53.4. The van der Waals surface area contributed by atoms with Gasteiger partial charge in [-0.05, 0) is 25.7 Å². The van der Waals surface area contributed by atoms with Crippen molar-refractivity contribution in [3.05, 3.63) is 0 Å². The van der Waals surface area contributed by atoms with Crippen molar-refractivity contribution in [1.82, 2.24) is 0 Å². The van der Waals surface area contributed by atoms with E-state index in [-0.39, 0.29) is 57.9 Å². The first-order valence-corrected chi connectivity index (χ1v) is 20.1. The first kappa shape index (κ1) is 45.5. The maximum Gasteiger partial charge on any atom is 4.00 e. The maximum absolute atomic E-state index is 10.1. The molecule has 0 aromatic carbocycles. The van der Waals surface area contributed by atoms with E-state index in [0.717, 1.165) is 25.7 Å². The molecule has 0 N–H and O–H groups in total. The van der Waals surface area contributed by atoms with Crippen LogP contribution in [0.2, 0.25) is 8.87 Å². The molecule has 0 amide bonds. The van der Waals surface area contributed by atoms with Crippen molar-refractivity contribution < 1.29 is 19.8 Å². The largest absolute Gasteiger partial charge is 4.00 e. The van der Waals surface area contributed by atoms with Crippen LogP contribution in [0.1, 0.15) is 182 Å². The molecule has 0 aliphatic rings. The molecule has 4 nitrogen and oxygen atoms in total. The molecule has 0 aliphatic heterocycles. The summed E-state index contributed by atoms with van der Waals surface area (Å²) in [6.07, 6.45) is 28.2. The van der Waals surface area contributed by atoms with Gasteiger partial charge in [0.15, 0.2) is 0 Å². The van der Waals surface area contributed by atoms with Gasteiger partial charge < -0.3 is 19.8 Å². The van der Waals surface area contributed by atoms with Gasteiger partial charge in [-0.1, -0.05) is 117 Å². The summed E-state index contributed by atoms with van der Waals surface area (Å²) >= 11 is 0.149. The van der Waals surface area contributed by atoms with E-state index in [0.29, 0.717) is 0 Å². The molecule has 0 atom stereocenters. The fourth-order valence-corrected chi connectivity index (χ4v) is 8.05. The predicted molar refractivity (Wildman–Crippen MR) is 165 cm³/mol. The minimum absolute atomic E-state index is 0. The van der Waals surface area contributed by atoms with Crippen molar-refractivity contribution in [3.63, 3.8) is 0 Å². The fourth-order valence-electron chi connectivity index (χ4n) is 3.89. The van der Waals surface area contributed by atoms with Crippen LogP contribution in [-0.2, 0) is 9.59 Å². The topological polar surface area (TPSA) is 80.3 Å². The molecule has 6 heteroatoms. The Bertz CT molecular complexity index is 396. The molecule has 0 bridgehead atoms. The summed E-state index contributed by atoms with van der Waals surface area (Å²) in [5.74, 6) is -1.82. The van der Waals surface area contributed by atoms with Crippen molar-refractivity contribution in [3.8, 4) is 0 Å². The molecule has 0 unspecified atom stereocenters. The molecule has 0 radical (unpaired) electrons. The number of unbranched alkanes of at least 4 members (excludes halogenated alkanes) is 18. The molecular weight excluding hydrogens is 686 g/mol. The average Bonchev–Trinajstić information content (AvgIpc) is 2.87. The van der Waals surface area contributed by atoms with Crippen LogP contribution < -0.4 is 10.2 Å². The first-order valence-electron chi connectivity index (χ1n) is 16.1. The van der Waals surface area contributed by atoms with E-state index in [1.54, 1.807) is 8.87 Å². The Labute approximate surface area is 265 Å². The monoisotopic (exact) mass is 752 g/mol. The van der Waals surface area contributed by atoms with E-state index in [1.807, 2.05) is 0 Å². The van der Waals surface area contributed by atoms with Gasteiger partial charge in [0, 0.05) is 11.9 Å². The number of hydrogen-bond donors (Lipinski definition) is 0. The van der Waals surface area contributed by atoms with Crippen LogP contribution in [0.4, 0.5) is 0 Å². The molecule has 0 aliphatic carbocycles. The number of hydrogen-bond acceptors (Lipinski definition) is 4. The molecule has 0 saturated carbocycles. The van der Waals surface area contributed by atoms with E-state index >= 15 is 0 Å². The van der Waals surface area contributed by atoms with Crippen molar-refractivity contribution in [1.29, 1.82) is 0 Å². The van der Waals surface area contributed by atoms with Crippen LogP contribution in [0.25, 0.3) is 0 Å². The Morgan fingerprint density at radius 3 is 0.895 bits per heavy atom. The summed E-state index contributed by atoms with van der Waals surface area (Å²) in [6.45, 7) is 9.03. The van der Waals surface area contributed by atoms with Crippen LogP contribution in [0, 0.1) is 0 Å². The van der Waals surface area contributed by atoms with Gasteiger partial charge in [-0.15, -0.1) is 0 Å². The maximum atomic E-state index is 10.1. The number of aliphatic carboxylic acids is 2. The summed E-state index contributed by atoms with van der Waals surface area (Å²) in [7, 11) is 0. The standard InChI is InChI=1S/2C12H24O2.2C4H9.2Sn/c2*1-2-3-4-5-6-7-8-9-10-11-12(13)14;2*1-3-4-2;;/h2*2-11H2,1H3,(H,13,14);2*1,3-4H2,2H3;;/q;;;;+2;+4/p-2. The normalized spacial score (nSPS) is 9.79. The first-order chi connectivity index (χ1) is 18.0. The van der Waals surface area contributed by atoms with Crippen LogP contribution in [0.5, 0.6) is 0 Å². The van der Waals surface area contributed by atoms with Gasteiger partial charge in [0.1, 0.15) is 0 Å². The summed E-state index contributed by atoms with van der Waals surface area (Å²) in [5, 5.41) is 20.2. The van der Waals surface area contributed by atoms with Crippen molar-refractivity contribution in [2.75, 3.05) is 0 Å². The van der Waals surface area contributed by atoms with Gasteiger partial charge in [-0.25, -0.2) is 0 Å². The zero-order chi connectivity index (χ0) is 28.2. The van der Waals surface area contributed by atoms with Crippen LogP contribution >= 0.6 is 0 Å². The number of carboxylic acids is 2. The molecular formula is C32H64O4Sn2+4. The molecule has 0 heterocycles. The fraction of sp³-hybridized carbons (Fsp3) is 0.938. The molecule has 0 aromatic rings. The van der Waals surface area contributed by atoms with Crippen LogP contribution in [0.15, 0.2) is 0 Å². The number of carbonyl (C=O) groups is 2. The van der Waals surface area contributed by atoms with E-state index in [1.165, 1.54) is 116 Å². The summed E-state index contributed by atoms with van der Waals surface area (Å²) in [4.78, 5) is 20.2. The molecule has 0 spiro atoms. The van der Waals surface area contributed by atoms with Gasteiger partial charge in [0.05, 0.1) is 0 Å². The molecule has 0 saturated heterocycles. The average molecular weight is 750 g/mol. The van der Waals surface area contributed by atoms with Gasteiger partial charge >= 0.3 is 93.5 Å². The zero-order valence-corrected chi connectivity index (χ0v) is 31.7. The Morgan fingerprint density at radius 2 is 0.658 bits per heavy atom. The molecule has 0 fully saturated rings. The molecule has 220 valence electrons. The van der Waals surface area contributed by atoms with E-state index < -0.39 is 11.9 Å². The van der Waals surface area contributed by atoms with Gasteiger partial charge in [-0.2, -0.15) is 0 Å². The van der Waals surface area contributed by atoms with Crippen LogP contribution in [-0.4, -0.2) is 57.0 Å². The van der Waals surface area contributed by atoms with Gasteiger partial charge in [-0.3, -0.25) is 0 Å². The Hall–Kier alpha value is 0.537. The molecule has 0 aromatic heterocycles. The smallest absolute Gasteiger partial charge is 4.00 e. The second-order valence-corrected chi connectivity index (χ2v) is 14.6. The summed E-state index contributed by atoms with van der Waals surface area (Å²) in [6, 6.07) is 0. The predicted octanol–water partition coefficient (Wildman–Crippen LogP) is 8.06. The van der Waals surface area contributed by atoms with Crippen LogP contribution in [0.3, 0.4) is 0 Å². The number of rotatable bonds is 26. The van der Waals surface area contributed by atoms with E-state index in [4.69, 9.17) is 0 Å². The molecule has 0 rings (SSSR count). The summed E-state index contributed by atoms with van der Waals surface area (Å²) in [5.41, 5.74) is 0. The van der Waals surface area contributed by atoms with Crippen molar-refractivity contribution >= 4 is 57.0 Å². The van der Waals surface area contributed by atoms with E-state index in [2.05, 4.69) is 27.7 Å². The number of carbonyl (C=O) groups excluding carboxylic acids is 2. The quantitative estimate of drug-likeness (QED) is 0.0663. The minimum atomic E-state index is -0.909. The third-order valence-electron chi connectivity index (χ3n) is 6.38. The number of carboxylic acid groups (broad SMARTS) is 2. The third-order valence-corrected chi connectivity index (χ3v) is 10.4. The van der Waals surface area contributed by atoms with Crippen molar-refractivity contribution in [2.45, 2.75) is 191 Å². The van der Waals surface area contributed by atoms with Crippen molar-refractivity contribution in [2.24, 2.45) is 0 Å². The minimum Gasteiger partial charge on any atom is 4.00 e. The summed E-state index contributed by atoms with van der Waals surface area (Å²) < 4.78 is 3.25. The zero-order valence-electron chi connectivity index (χ0n) is 26.0. The Morgan fingerprint density at radius 1 is 0.421 bits per heavy atom. The second kappa shape index (κ2) is 44.6. The SMILES string of the molecule is CCCCCCCCCCCC(=O)[O-].CCCCCCCCCCCC(=O)[O-].CCC[CH2][Sn+2][CH2]CCC.[Sn+4].